The van der Waals surface area contributed by atoms with Gasteiger partial charge in [0.1, 0.15) is 18.2 Å². The Hall–Kier alpha value is -4.07. The summed E-state index contributed by atoms with van der Waals surface area (Å²) in [5.41, 5.74) is 2.69. The van der Waals surface area contributed by atoms with Crippen molar-refractivity contribution in [3.63, 3.8) is 0 Å². The van der Waals surface area contributed by atoms with E-state index in [9.17, 15) is 9.18 Å². The van der Waals surface area contributed by atoms with Crippen molar-refractivity contribution in [2.45, 2.75) is 13.2 Å². The highest BCUT2D eigenvalue weighted by Gasteiger charge is 2.09. The van der Waals surface area contributed by atoms with Gasteiger partial charge in [-0.3, -0.25) is 0 Å². The summed E-state index contributed by atoms with van der Waals surface area (Å²) in [5, 5.41) is 12.6. The third kappa shape index (κ3) is 4.92. The zero-order valence-corrected chi connectivity index (χ0v) is 16.7. The highest BCUT2D eigenvalue weighted by atomic mass is 19.1. The van der Waals surface area contributed by atoms with Gasteiger partial charge in [0, 0.05) is 11.1 Å². The van der Waals surface area contributed by atoms with E-state index in [-0.39, 0.29) is 18.4 Å². The summed E-state index contributed by atoms with van der Waals surface area (Å²) in [5.74, 6) is 0.422. The van der Waals surface area contributed by atoms with Gasteiger partial charge in [0.2, 0.25) is 5.82 Å². The summed E-state index contributed by atoms with van der Waals surface area (Å²) in [7, 11) is 1.35. The van der Waals surface area contributed by atoms with E-state index < -0.39 is 0 Å². The lowest BCUT2D eigenvalue weighted by atomic mass is 10.1. The quantitative estimate of drug-likeness (QED) is 0.424. The standard InChI is InChI=1S/C23H19FN4O3/c1-30-23(29)18-8-6-16(7-9-18)14-28-26-22(25-27-28)17-10-12-20(13-11-17)31-15-19-4-2-3-5-21(19)24/h2-13H,14-15H2,1H3. The van der Waals surface area contributed by atoms with Gasteiger partial charge in [0.25, 0.3) is 0 Å². The molecule has 3 aromatic carbocycles. The lowest BCUT2D eigenvalue weighted by molar-refractivity contribution is 0.0600. The number of halogens is 1. The molecule has 0 amide bonds. The van der Waals surface area contributed by atoms with Crippen LogP contribution in [0.1, 0.15) is 21.5 Å². The zero-order chi connectivity index (χ0) is 21.6. The SMILES string of the molecule is COC(=O)c1ccc(Cn2nnc(-c3ccc(OCc4ccccc4F)cc3)n2)cc1. The maximum absolute atomic E-state index is 13.7. The summed E-state index contributed by atoms with van der Waals surface area (Å²) < 4.78 is 24.0. The highest BCUT2D eigenvalue weighted by Crippen LogP contribution is 2.20. The number of methoxy groups -OCH3 is 1. The maximum Gasteiger partial charge on any atom is 0.337 e. The number of rotatable bonds is 7. The molecule has 7 nitrogen and oxygen atoms in total. The molecule has 0 unspecified atom stereocenters. The van der Waals surface area contributed by atoms with E-state index in [1.807, 2.05) is 24.3 Å². The first-order valence-corrected chi connectivity index (χ1v) is 9.54. The van der Waals surface area contributed by atoms with E-state index >= 15 is 0 Å². The minimum absolute atomic E-state index is 0.148. The summed E-state index contributed by atoms with van der Waals surface area (Å²) in [6, 6.07) is 20.7. The second-order valence-electron chi connectivity index (χ2n) is 6.74. The van der Waals surface area contributed by atoms with Crippen LogP contribution in [0.3, 0.4) is 0 Å². The number of nitrogens with zero attached hydrogens (tertiary/aromatic N) is 4. The van der Waals surface area contributed by atoms with Gasteiger partial charge in [0.15, 0.2) is 0 Å². The van der Waals surface area contributed by atoms with Crippen molar-refractivity contribution < 1.29 is 18.7 Å². The van der Waals surface area contributed by atoms with Crippen LogP contribution in [0.5, 0.6) is 5.75 Å². The largest absolute Gasteiger partial charge is 0.489 e. The Morgan fingerprint density at radius 3 is 2.45 bits per heavy atom. The molecular formula is C23H19FN4O3. The highest BCUT2D eigenvalue weighted by molar-refractivity contribution is 5.89. The predicted octanol–water partition coefficient (Wildman–Crippen LogP) is 3.89. The van der Waals surface area contributed by atoms with Gasteiger partial charge in [-0.05, 0) is 53.2 Å². The first kappa shape index (κ1) is 20.2. The Balaban J connectivity index is 1.38. The third-order valence-electron chi connectivity index (χ3n) is 4.62. The van der Waals surface area contributed by atoms with Crippen LogP contribution < -0.4 is 4.74 Å². The van der Waals surface area contributed by atoms with E-state index in [2.05, 4.69) is 15.4 Å². The average molecular weight is 418 g/mol. The molecule has 0 bridgehead atoms. The third-order valence-corrected chi connectivity index (χ3v) is 4.62. The van der Waals surface area contributed by atoms with Crippen LogP contribution in [0.4, 0.5) is 4.39 Å². The van der Waals surface area contributed by atoms with Crippen LogP contribution in [0.25, 0.3) is 11.4 Å². The average Bonchev–Trinajstić information content (AvgIpc) is 3.27. The molecule has 4 rings (SSSR count). The molecule has 0 atom stereocenters. The second-order valence-corrected chi connectivity index (χ2v) is 6.74. The predicted molar refractivity (Wildman–Crippen MR) is 111 cm³/mol. The molecule has 1 aromatic heterocycles. The molecule has 156 valence electrons. The fourth-order valence-electron chi connectivity index (χ4n) is 2.93. The molecule has 0 spiro atoms. The monoisotopic (exact) mass is 418 g/mol. The molecule has 0 aliphatic heterocycles. The van der Waals surface area contributed by atoms with Gasteiger partial charge in [-0.25, -0.2) is 9.18 Å². The Morgan fingerprint density at radius 2 is 1.74 bits per heavy atom. The van der Waals surface area contributed by atoms with Crippen molar-refractivity contribution in [3.8, 4) is 17.1 Å². The van der Waals surface area contributed by atoms with Gasteiger partial charge < -0.3 is 9.47 Å². The number of carbonyl (C=O) groups excluding carboxylic acids is 1. The number of esters is 1. The van der Waals surface area contributed by atoms with E-state index in [1.165, 1.54) is 18.0 Å². The van der Waals surface area contributed by atoms with Crippen LogP contribution in [-0.4, -0.2) is 33.3 Å². The fraction of sp³-hybridized carbons (Fsp3) is 0.130. The van der Waals surface area contributed by atoms with Crippen molar-refractivity contribution in [2.75, 3.05) is 7.11 Å². The summed E-state index contributed by atoms with van der Waals surface area (Å²) >= 11 is 0. The second kappa shape index (κ2) is 9.17. The lowest BCUT2D eigenvalue weighted by Gasteiger charge is -2.07. The van der Waals surface area contributed by atoms with E-state index in [1.54, 1.807) is 42.5 Å². The number of hydrogen-bond acceptors (Lipinski definition) is 6. The first-order valence-electron chi connectivity index (χ1n) is 9.54. The first-order chi connectivity index (χ1) is 15.1. The molecule has 0 aliphatic carbocycles. The molecule has 31 heavy (non-hydrogen) atoms. The molecule has 0 fully saturated rings. The van der Waals surface area contributed by atoms with Gasteiger partial charge >= 0.3 is 5.97 Å². The minimum Gasteiger partial charge on any atom is -0.489 e. The van der Waals surface area contributed by atoms with E-state index in [0.717, 1.165) is 11.1 Å². The smallest absolute Gasteiger partial charge is 0.337 e. The molecule has 8 heteroatoms. The van der Waals surface area contributed by atoms with Crippen molar-refractivity contribution in [1.82, 2.24) is 20.2 Å². The summed E-state index contributed by atoms with van der Waals surface area (Å²) in [6.45, 7) is 0.563. The van der Waals surface area contributed by atoms with Crippen molar-refractivity contribution >= 4 is 5.97 Å². The van der Waals surface area contributed by atoms with Gasteiger partial charge in [0.05, 0.1) is 19.2 Å². The summed E-state index contributed by atoms with van der Waals surface area (Å²) in [4.78, 5) is 13.0. The molecule has 4 aromatic rings. The van der Waals surface area contributed by atoms with Crippen LogP contribution >= 0.6 is 0 Å². The molecule has 0 aliphatic rings. The van der Waals surface area contributed by atoms with Gasteiger partial charge in [-0.2, -0.15) is 4.80 Å². The van der Waals surface area contributed by atoms with Gasteiger partial charge in [-0.1, -0.05) is 30.3 Å². The maximum atomic E-state index is 13.7. The molecule has 0 N–H and O–H groups in total. The van der Waals surface area contributed by atoms with E-state index in [0.29, 0.717) is 29.2 Å². The van der Waals surface area contributed by atoms with Crippen LogP contribution in [0, 0.1) is 5.82 Å². The van der Waals surface area contributed by atoms with Crippen molar-refractivity contribution in [2.24, 2.45) is 0 Å². The number of tetrazole rings is 1. The minimum atomic E-state index is -0.381. The van der Waals surface area contributed by atoms with Crippen LogP contribution in [0.15, 0.2) is 72.8 Å². The topological polar surface area (TPSA) is 79.1 Å². The molecule has 1 heterocycles. The summed E-state index contributed by atoms with van der Waals surface area (Å²) in [6.07, 6.45) is 0. The molecular weight excluding hydrogens is 399 g/mol. The molecule has 0 radical (unpaired) electrons. The number of aromatic nitrogens is 4. The number of hydrogen-bond donors (Lipinski definition) is 0. The number of ether oxygens (including phenoxy) is 2. The van der Waals surface area contributed by atoms with Crippen LogP contribution in [0.2, 0.25) is 0 Å². The molecule has 0 saturated heterocycles. The lowest BCUT2D eigenvalue weighted by Crippen LogP contribution is -2.05. The van der Waals surface area contributed by atoms with Crippen LogP contribution in [-0.2, 0) is 17.9 Å². The Morgan fingerprint density at radius 1 is 1.00 bits per heavy atom. The van der Waals surface area contributed by atoms with Crippen molar-refractivity contribution in [3.05, 3.63) is 95.3 Å². The number of benzene rings is 3. The normalized spacial score (nSPS) is 10.6. The number of carbonyl (C=O) groups is 1. The zero-order valence-electron chi connectivity index (χ0n) is 16.7. The van der Waals surface area contributed by atoms with E-state index in [4.69, 9.17) is 9.47 Å². The Kier molecular flexibility index (Phi) is 5.98. The Bertz CT molecular complexity index is 1170. The fourth-order valence-corrected chi connectivity index (χ4v) is 2.93. The Labute approximate surface area is 178 Å². The molecule has 0 saturated carbocycles. The van der Waals surface area contributed by atoms with Gasteiger partial charge in [-0.15, -0.1) is 10.2 Å². The van der Waals surface area contributed by atoms with Crippen molar-refractivity contribution in [1.29, 1.82) is 0 Å².